The number of thiophene rings is 1. The number of ether oxygens (including phenoxy) is 2. The molecule has 0 saturated carbocycles. The molecule has 2 aromatic rings. The zero-order valence-electron chi connectivity index (χ0n) is 12.7. The summed E-state index contributed by atoms with van der Waals surface area (Å²) in [6.45, 7) is 0. The summed E-state index contributed by atoms with van der Waals surface area (Å²) in [6, 6.07) is 5.80. The number of rotatable bonds is 5. The van der Waals surface area contributed by atoms with Crippen LogP contribution in [-0.2, 0) is 4.74 Å². The SMILES string of the molecule is COC(=O)c1sccc1NC(=S)Nc1ccc([N+](=O)[O-])cc1OC. The van der Waals surface area contributed by atoms with Gasteiger partial charge in [0, 0.05) is 6.07 Å². The number of benzene rings is 1. The van der Waals surface area contributed by atoms with E-state index in [1.54, 1.807) is 11.4 Å². The Morgan fingerprint density at radius 2 is 1.96 bits per heavy atom. The lowest BCUT2D eigenvalue weighted by Gasteiger charge is -2.13. The highest BCUT2D eigenvalue weighted by molar-refractivity contribution is 7.80. The first-order chi connectivity index (χ1) is 11.5. The zero-order valence-corrected chi connectivity index (χ0v) is 14.3. The fourth-order valence-electron chi connectivity index (χ4n) is 1.83. The van der Waals surface area contributed by atoms with Gasteiger partial charge in [0.25, 0.3) is 5.69 Å². The quantitative estimate of drug-likeness (QED) is 0.359. The van der Waals surface area contributed by atoms with Gasteiger partial charge in [0.15, 0.2) is 5.11 Å². The number of nitro groups is 1. The second-order valence-electron chi connectivity index (χ2n) is 4.38. The Balaban J connectivity index is 2.14. The maximum absolute atomic E-state index is 11.6. The average molecular weight is 367 g/mol. The summed E-state index contributed by atoms with van der Waals surface area (Å²) in [4.78, 5) is 22.3. The first-order valence-electron chi connectivity index (χ1n) is 6.52. The summed E-state index contributed by atoms with van der Waals surface area (Å²) < 4.78 is 9.82. The van der Waals surface area contributed by atoms with E-state index < -0.39 is 10.9 Å². The molecule has 24 heavy (non-hydrogen) atoms. The Hall–Kier alpha value is -2.72. The van der Waals surface area contributed by atoms with Crippen molar-refractivity contribution in [3.05, 3.63) is 44.6 Å². The number of anilines is 2. The molecule has 1 aromatic heterocycles. The van der Waals surface area contributed by atoms with Crippen molar-refractivity contribution in [2.75, 3.05) is 24.9 Å². The molecule has 126 valence electrons. The number of hydrogen-bond acceptors (Lipinski definition) is 7. The maximum atomic E-state index is 11.6. The van der Waals surface area contributed by atoms with E-state index in [4.69, 9.17) is 21.7 Å². The minimum atomic E-state index is -0.517. The number of carbonyl (C=O) groups excluding carboxylic acids is 1. The van der Waals surface area contributed by atoms with E-state index in [-0.39, 0.29) is 16.5 Å². The largest absolute Gasteiger partial charge is 0.494 e. The van der Waals surface area contributed by atoms with Crippen molar-refractivity contribution >= 4 is 51.7 Å². The summed E-state index contributed by atoms with van der Waals surface area (Å²) in [7, 11) is 2.69. The van der Waals surface area contributed by atoms with Crippen molar-refractivity contribution in [3.63, 3.8) is 0 Å². The van der Waals surface area contributed by atoms with Gasteiger partial charge in [-0.15, -0.1) is 11.3 Å². The van der Waals surface area contributed by atoms with Crippen LogP contribution in [0.15, 0.2) is 29.6 Å². The van der Waals surface area contributed by atoms with Gasteiger partial charge in [-0.2, -0.15) is 0 Å². The number of nitro benzene ring substituents is 1. The summed E-state index contributed by atoms with van der Waals surface area (Å²) in [5, 5.41) is 18.5. The highest BCUT2D eigenvalue weighted by atomic mass is 32.1. The van der Waals surface area contributed by atoms with Crippen LogP contribution in [-0.4, -0.2) is 30.2 Å². The number of carbonyl (C=O) groups is 1. The molecule has 2 rings (SSSR count). The second kappa shape index (κ2) is 7.70. The third kappa shape index (κ3) is 3.97. The Bertz CT molecular complexity index is 790. The molecule has 0 unspecified atom stereocenters. The van der Waals surface area contributed by atoms with Gasteiger partial charge in [-0.05, 0) is 29.7 Å². The summed E-state index contributed by atoms with van der Waals surface area (Å²) in [6.07, 6.45) is 0. The Morgan fingerprint density at radius 1 is 1.25 bits per heavy atom. The van der Waals surface area contributed by atoms with Crippen molar-refractivity contribution in [1.29, 1.82) is 0 Å². The Kier molecular flexibility index (Phi) is 5.66. The lowest BCUT2D eigenvalue weighted by Crippen LogP contribution is -2.20. The molecule has 0 saturated heterocycles. The average Bonchev–Trinajstić information content (AvgIpc) is 3.02. The van der Waals surface area contributed by atoms with Gasteiger partial charge in [0.1, 0.15) is 10.6 Å². The molecule has 0 aliphatic rings. The second-order valence-corrected chi connectivity index (χ2v) is 5.70. The number of esters is 1. The van der Waals surface area contributed by atoms with Gasteiger partial charge in [-0.25, -0.2) is 4.79 Å². The predicted octanol–water partition coefficient (Wildman–Crippen LogP) is 3.26. The summed E-state index contributed by atoms with van der Waals surface area (Å²) >= 11 is 6.42. The molecule has 0 aliphatic carbocycles. The molecule has 2 N–H and O–H groups in total. The zero-order chi connectivity index (χ0) is 17.7. The molecular formula is C14H13N3O5S2. The summed E-state index contributed by atoms with van der Waals surface area (Å²) in [5.41, 5.74) is 0.864. The molecule has 10 heteroatoms. The van der Waals surface area contributed by atoms with Gasteiger partial charge in [0.2, 0.25) is 0 Å². The molecule has 8 nitrogen and oxygen atoms in total. The third-order valence-electron chi connectivity index (χ3n) is 2.93. The molecule has 0 bridgehead atoms. The van der Waals surface area contributed by atoms with Gasteiger partial charge >= 0.3 is 5.97 Å². The van der Waals surface area contributed by atoms with Gasteiger partial charge in [-0.3, -0.25) is 10.1 Å². The lowest BCUT2D eigenvalue weighted by molar-refractivity contribution is -0.384. The number of nitrogens with zero attached hydrogens (tertiary/aromatic N) is 1. The normalized spacial score (nSPS) is 9.92. The highest BCUT2D eigenvalue weighted by Gasteiger charge is 2.16. The Morgan fingerprint density at radius 3 is 2.58 bits per heavy atom. The minimum Gasteiger partial charge on any atom is -0.494 e. The van der Waals surface area contributed by atoms with Crippen molar-refractivity contribution < 1.29 is 19.2 Å². The molecule has 0 amide bonds. The number of hydrogen-bond donors (Lipinski definition) is 2. The van der Waals surface area contributed by atoms with Crippen LogP contribution in [0.5, 0.6) is 5.75 Å². The van der Waals surface area contributed by atoms with Crippen LogP contribution in [0.3, 0.4) is 0 Å². The number of nitrogens with one attached hydrogen (secondary N) is 2. The topological polar surface area (TPSA) is 103 Å². The van der Waals surface area contributed by atoms with E-state index in [1.165, 1.54) is 43.8 Å². The van der Waals surface area contributed by atoms with Crippen LogP contribution < -0.4 is 15.4 Å². The molecule has 0 aliphatic heterocycles. The van der Waals surface area contributed by atoms with E-state index in [2.05, 4.69) is 10.6 Å². The van der Waals surface area contributed by atoms with E-state index in [9.17, 15) is 14.9 Å². The first-order valence-corrected chi connectivity index (χ1v) is 7.81. The minimum absolute atomic E-state index is 0.0953. The van der Waals surface area contributed by atoms with Crippen LogP contribution in [0.4, 0.5) is 17.1 Å². The predicted molar refractivity (Wildman–Crippen MR) is 95.2 cm³/mol. The molecule has 0 fully saturated rings. The smallest absolute Gasteiger partial charge is 0.350 e. The molecule has 1 aromatic carbocycles. The third-order valence-corrected chi connectivity index (χ3v) is 4.03. The van der Waals surface area contributed by atoms with Crippen molar-refractivity contribution in [2.24, 2.45) is 0 Å². The Labute approximate surface area is 146 Å². The maximum Gasteiger partial charge on any atom is 0.350 e. The van der Waals surface area contributed by atoms with E-state index >= 15 is 0 Å². The summed E-state index contributed by atoms with van der Waals surface area (Å²) in [5.74, 6) is -0.199. The molecule has 0 radical (unpaired) electrons. The number of non-ortho nitro benzene ring substituents is 1. The lowest BCUT2D eigenvalue weighted by atomic mass is 10.2. The van der Waals surface area contributed by atoms with E-state index in [0.29, 0.717) is 16.3 Å². The fraction of sp³-hybridized carbons (Fsp3) is 0.143. The molecule has 1 heterocycles. The molecule has 0 atom stereocenters. The number of thiocarbonyl (C=S) groups is 1. The number of methoxy groups -OCH3 is 2. The standard InChI is InChI=1S/C14H13N3O5S2/c1-21-11-7-8(17(19)20)3-4-9(11)15-14(23)16-10-5-6-24-12(10)13(18)22-2/h3-7H,1-2H3,(H2,15,16,23). The van der Waals surface area contributed by atoms with Crippen LogP contribution in [0, 0.1) is 10.1 Å². The van der Waals surface area contributed by atoms with Crippen LogP contribution in [0.1, 0.15) is 9.67 Å². The van der Waals surface area contributed by atoms with Crippen molar-refractivity contribution in [1.82, 2.24) is 0 Å². The van der Waals surface area contributed by atoms with Crippen LogP contribution in [0.2, 0.25) is 0 Å². The van der Waals surface area contributed by atoms with E-state index in [0.717, 1.165) is 0 Å². The van der Waals surface area contributed by atoms with Crippen LogP contribution in [0.25, 0.3) is 0 Å². The first kappa shape index (κ1) is 17.6. The van der Waals surface area contributed by atoms with Gasteiger partial charge < -0.3 is 20.1 Å². The van der Waals surface area contributed by atoms with Gasteiger partial charge in [0.05, 0.1) is 36.6 Å². The highest BCUT2D eigenvalue weighted by Crippen LogP contribution is 2.29. The van der Waals surface area contributed by atoms with Crippen molar-refractivity contribution in [3.8, 4) is 5.75 Å². The molecular weight excluding hydrogens is 354 g/mol. The van der Waals surface area contributed by atoms with Crippen LogP contribution >= 0.6 is 23.6 Å². The molecule has 0 spiro atoms. The van der Waals surface area contributed by atoms with E-state index in [1.807, 2.05) is 0 Å². The monoisotopic (exact) mass is 367 g/mol. The fourth-order valence-corrected chi connectivity index (χ4v) is 2.82. The van der Waals surface area contributed by atoms with Crippen molar-refractivity contribution in [2.45, 2.75) is 0 Å². The van der Waals surface area contributed by atoms with Gasteiger partial charge in [-0.1, -0.05) is 0 Å².